The van der Waals surface area contributed by atoms with E-state index < -0.39 is 0 Å². The molecule has 4 nitrogen and oxygen atoms in total. The summed E-state index contributed by atoms with van der Waals surface area (Å²) in [5.41, 5.74) is 12.6. The lowest BCUT2D eigenvalue weighted by Gasteiger charge is -2.54. The molecule has 45 heavy (non-hydrogen) atoms. The lowest BCUT2D eigenvalue weighted by molar-refractivity contribution is -0.135. The quantitative estimate of drug-likeness (QED) is 0.277. The number of nitrogens with two attached hydrogens (primary N) is 1. The molecular formula is C39H54ClN3OS. The topological polar surface area (TPSA) is 49.6 Å². The highest BCUT2D eigenvalue weighted by atomic mass is 35.5. The molecule has 4 unspecified atom stereocenters. The van der Waals surface area contributed by atoms with E-state index in [1.54, 1.807) is 0 Å². The highest BCUT2D eigenvalue weighted by Crippen LogP contribution is 2.57. The maximum atomic E-state index is 12.2. The number of hydrogen-bond donors (Lipinski definition) is 1. The van der Waals surface area contributed by atoms with Gasteiger partial charge in [0.05, 0.1) is 11.4 Å². The van der Waals surface area contributed by atoms with Gasteiger partial charge in [-0.05, 0) is 104 Å². The number of likely N-dealkylation sites (N-methyl/N-ethyl adjacent to an activating group) is 1. The fourth-order valence-electron chi connectivity index (χ4n) is 8.37. The van der Waals surface area contributed by atoms with Crippen molar-refractivity contribution in [2.24, 2.45) is 17.1 Å². The van der Waals surface area contributed by atoms with Gasteiger partial charge in [0.1, 0.15) is 0 Å². The molecule has 3 aromatic rings. The lowest BCUT2D eigenvalue weighted by atomic mass is 9.49. The molecule has 244 valence electrons. The molecule has 0 saturated heterocycles. The normalized spacial score (nSPS) is 23.8. The minimum Gasteiger partial charge on any atom is -0.369 e. The first kappa shape index (κ1) is 35.4. The van der Waals surface area contributed by atoms with Gasteiger partial charge in [0.15, 0.2) is 0 Å². The third kappa shape index (κ3) is 6.82. The number of nitrogens with zero attached hydrogens (tertiary/aromatic N) is 2. The molecule has 6 rings (SSSR count). The minimum atomic E-state index is -0.346. The molecule has 4 atom stereocenters. The Labute approximate surface area is 282 Å². The fraction of sp³-hybridized carbons (Fsp3) is 0.513. The van der Waals surface area contributed by atoms with E-state index in [9.17, 15) is 4.79 Å². The van der Waals surface area contributed by atoms with Crippen molar-refractivity contribution in [3.63, 3.8) is 0 Å². The molecule has 1 saturated carbocycles. The molecule has 0 spiro atoms. The van der Waals surface area contributed by atoms with E-state index in [0.29, 0.717) is 17.9 Å². The van der Waals surface area contributed by atoms with Gasteiger partial charge in [0.2, 0.25) is 5.91 Å². The van der Waals surface area contributed by atoms with Crippen LogP contribution in [0, 0.1) is 11.3 Å². The molecule has 1 fully saturated rings. The van der Waals surface area contributed by atoms with Crippen molar-refractivity contribution in [2.75, 3.05) is 24.5 Å². The number of rotatable bonds is 7. The van der Waals surface area contributed by atoms with E-state index in [-0.39, 0.29) is 29.1 Å². The van der Waals surface area contributed by atoms with Crippen LogP contribution in [0.15, 0.2) is 76.5 Å². The van der Waals surface area contributed by atoms with Crippen LogP contribution in [0.2, 0.25) is 0 Å². The molecule has 1 amide bonds. The molecule has 0 bridgehead atoms. The first-order valence-electron chi connectivity index (χ1n) is 16.8. The van der Waals surface area contributed by atoms with Gasteiger partial charge in [0, 0.05) is 27.8 Å². The average molecular weight is 648 g/mol. The summed E-state index contributed by atoms with van der Waals surface area (Å²) in [6.45, 7) is 19.0. The van der Waals surface area contributed by atoms with E-state index in [0.717, 1.165) is 45.3 Å². The number of carbonyl (C=O) groups is 1. The van der Waals surface area contributed by atoms with E-state index in [4.69, 9.17) is 5.73 Å². The maximum Gasteiger partial charge on any atom is 0.223 e. The molecule has 3 aliphatic rings. The van der Waals surface area contributed by atoms with Gasteiger partial charge < -0.3 is 10.6 Å². The average Bonchev–Trinajstić information content (AvgIpc) is 3.01. The summed E-state index contributed by atoms with van der Waals surface area (Å²) in [5.74, 6) is 0.840. The molecule has 3 aromatic carbocycles. The monoisotopic (exact) mass is 647 g/mol. The Morgan fingerprint density at radius 3 is 2.11 bits per heavy atom. The molecule has 1 heterocycles. The van der Waals surface area contributed by atoms with Crippen molar-refractivity contribution in [2.45, 2.75) is 108 Å². The van der Waals surface area contributed by atoms with Crippen molar-refractivity contribution >= 4 is 41.5 Å². The summed E-state index contributed by atoms with van der Waals surface area (Å²) >= 11 is 1.88. The van der Waals surface area contributed by atoms with Crippen molar-refractivity contribution in [1.29, 1.82) is 0 Å². The first-order chi connectivity index (χ1) is 21.0. The highest BCUT2D eigenvalue weighted by Gasteiger charge is 2.54. The molecule has 0 radical (unpaired) electrons. The van der Waals surface area contributed by atoms with E-state index in [2.05, 4.69) is 125 Å². The summed E-state index contributed by atoms with van der Waals surface area (Å²) in [5, 5.41) is 0. The maximum absolute atomic E-state index is 12.2. The number of primary amides is 1. The summed E-state index contributed by atoms with van der Waals surface area (Å²) in [6, 6.07) is 25.0. The summed E-state index contributed by atoms with van der Waals surface area (Å²) in [7, 11) is 0. The van der Waals surface area contributed by atoms with Crippen molar-refractivity contribution < 1.29 is 4.79 Å². The molecule has 6 heteroatoms. The predicted molar refractivity (Wildman–Crippen MR) is 194 cm³/mol. The Morgan fingerprint density at radius 1 is 0.956 bits per heavy atom. The Balaban J connectivity index is 0.000000200. The van der Waals surface area contributed by atoms with Crippen molar-refractivity contribution in [3.8, 4) is 0 Å². The van der Waals surface area contributed by atoms with Crippen LogP contribution in [0.25, 0.3) is 0 Å². The molecular weight excluding hydrogens is 594 g/mol. The van der Waals surface area contributed by atoms with Crippen LogP contribution in [0.4, 0.5) is 11.4 Å². The summed E-state index contributed by atoms with van der Waals surface area (Å²) < 4.78 is 0. The van der Waals surface area contributed by atoms with E-state index in [1.165, 1.54) is 44.3 Å². The van der Waals surface area contributed by atoms with Crippen LogP contribution in [-0.4, -0.2) is 36.5 Å². The predicted octanol–water partition coefficient (Wildman–Crippen LogP) is 9.75. The number of halogens is 1. The number of hydrogen-bond acceptors (Lipinski definition) is 4. The number of anilines is 2. The molecule has 2 aliphatic carbocycles. The van der Waals surface area contributed by atoms with Gasteiger partial charge in [-0.15, -0.1) is 12.4 Å². The van der Waals surface area contributed by atoms with Gasteiger partial charge in [-0.2, -0.15) is 0 Å². The summed E-state index contributed by atoms with van der Waals surface area (Å²) in [6.07, 6.45) is 5.39. The second kappa shape index (κ2) is 14.5. The van der Waals surface area contributed by atoms with Crippen molar-refractivity contribution in [1.82, 2.24) is 4.90 Å². The van der Waals surface area contributed by atoms with Crippen LogP contribution in [-0.2, 0) is 16.6 Å². The zero-order valence-corrected chi connectivity index (χ0v) is 30.1. The number of para-hydroxylation sites is 2. The molecule has 2 N–H and O–H groups in total. The number of aryl methyl sites for hydroxylation is 1. The van der Waals surface area contributed by atoms with Gasteiger partial charge in [-0.25, -0.2) is 0 Å². The Hall–Kier alpha value is -2.47. The standard InChI is InChI=1S/C20H29NO.C19H24N2S.ClH/c1-13(2)14-6-8-16-15(12-14)7-9-17-19(16,3)10-5-11-20(17,4)18(21)22;1-4-20(5-2)15(3)14-21-16-10-6-8-12-18(16)22-19-13-9-7-11-17(19)21;/h6,8,12-13,17H,5,7,9-11H2,1-4H3,(H2,21,22);6-13,15H,4-5,14H2,1-3H3;1H. The number of fused-ring (bicyclic) bond motifs is 5. The van der Waals surface area contributed by atoms with Crippen LogP contribution in [0.1, 0.15) is 96.8 Å². The number of carbonyl (C=O) groups excluding carboxylic acids is 1. The highest BCUT2D eigenvalue weighted by molar-refractivity contribution is 7.99. The largest absolute Gasteiger partial charge is 0.369 e. The Bertz CT molecular complexity index is 1430. The van der Waals surface area contributed by atoms with Crippen LogP contribution in [0.5, 0.6) is 0 Å². The zero-order chi connectivity index (χ0) is 31.6. The molecule has 1 aliphatic heterocycles. The third-order valence-electron chi connectivity index (χ3n) is 11.0. The van der Waals surface area contributed by atoms with Gasteiger partial charge in [-0.3, -0.25) is 9.69 Å². The second-order valence-corrected chi connectivity index (χ2v) is 15.0. The van der Waals surface area contributed by atoms with E-state index >= 15 is 0 Å². The SMILES string of the molecule is CC(C)c1ccc2c(c1)CCC1C(C)(C(N)=O)CCCC21C.CCN(CC)C(C)CN1c2ccccc2Sc2ccccc21.Cl. The Kier molecular flexibility index (Phi) is 11.4. The van der Waals surface area contributed by atoms with Gasteiger partial charge >= 0.3 is 0 Å². The number of benzene rings is 3. The van der Waals surface area contributed by atoms with Gasteiger partial charge in [-0.1, -0.05) is 102 Å². The van der Waals surface area contributed by atoms with Crippen LogP contribution < -0.4 is 10.6 Å². The van der Waals surface area contributed by atoms with E-state index in [1.807, 2.05) is 11.8 Å². The lowest BCUT2D eigenvalue weighted by Crippen LogP contribution is -2.54. The second-order valence-electron chi connectivity index (χ2n) is 13.9. The summed E-state index contributed by atoms with van der Waals surface area (Å²) in [4.78, 5) is 19.9. The van der Waals surface area contributed by atoms with Crippen LogP contribution in [0.3, 0.4) is 0 Å². The molecule has 0 aromatic heterocycles. The van der Waals surface area contributed by atoms with Gasteiger partial charge in [0.25, 0.3) is 0 Å². The van der Waals surface area contributed by atoms with Crippen molar-refractivity contribution in [3.05, 3.63) is 83.4 Å². The Morgan fingerprint density at radius 2 is 1.56 bits per heavy atom. The number of amides is 1. The smallest absolute Gasteiger partial charge is 0.223 e. The zero-order valence-electron chi connectivity index (χ0n) is 28.4. The van der Waals surface area contributed by atoms with Crippen LogP contribution >= 0.6 is 24.2 Å². The first-order valence-corrected chi connectivity index (χ1v) is 17.7. The minimum absolute atomic E-state index is 0. The third-order valence-corrected chi connectivity index (χ3v) is 12.2. The fourth-order valence-corrected chi connectivity index (χ4v) is 9.47.